The number of aliphatic hydroxyl groups excluding tert-OH is 1. The Morgan fingerprint density at radius 1 is 1.43 bits per heavy atom. The van der Waals surface area contributed by atoms with Gasteiger partial charge in [-0.15, -0.1) is 0 Å². The summed E-state index contributed by atoms with van der Waals surface area (Å²) in [5.74, 6) is 0. The molecule has 1 aromatic heterocycles. The minimum atomic E-state index is -0.0305. The fraction of sp³-hybridized carbons (Fsp3) is 0.636. The van der Waals surface area contributed by atoms with Crippen LogP contribution in [0.3, 0.4) is 0 Å². The molecule has 0 radical (unpaired) electrons. The average molecular weight is 195 g/mol. The monoisotopic (exact) mass is 195 g/mol. The maximum absolute atomic E-state index is 9.36. The number of furan rings is 1. The van der Waals surface area contributed by atoms with Crippen LogP contribution < -0.4 is 5.32 Å². The normalized spacial score (nSPS) is 20.1. The van der Waals surface area contributed by atoms with Crippen molar-refractivity contribution < 1.29 is 9.52 Å². The zero-order valence-electron chi connectivity index (χ0n) is 8.33. The van der Waals surface area contributed by atoms with Gasteiger partial charge in [0.1, 0.15) is 0 Å². The van der Waals surface area contributed by atoms with Gasteiger partial charge in [-0.25, -0.2) is 0 Å². The van der Waals surface area contributed by atoms with Gasteiger partial charge in [0.05, 0.1) is 19.1 Å². The Balaban J connectivity index is 1.89. The molecule has 14 heavy (non-hydrogen) atoms. The molecule has 0 aromatic carbocycles. The number of nitrogens with one attached hydrogen (secondary N) is 1. The molecule has 1 fully saturated rings. The molecule has 78 valence electrons. The van der Waals surface area contributed by atoms with Crippen LogP contribution in [-0.2, 0) is 6.54 Å². The third-order valence-electron chi connectivity index (χ3n) is 3.11. The average Bonchev–Trinajstić information content (AvgIpc) is 2.87. The van der Waals surface area contributed by atoms with E-state index in [1.807, 2.05) is 6.07 Å². The topological polar surface area (TPSA) is 45.4 Å². The predicted molar refractivity (Wildman–Crippen MR) is 53.8 cm³/mol. The third-order valence-corrected chi connectivity index (χ3v) is 3.11. The van der Waals surface area contributed by atoms with Crippen molar-refractivity contribution in [1.82, 2.24) is 5.32 Å². The molecule has 0 saturated heterocycles. The van der Waals surface area contributed by atoms with Gasteiger partial charge in [-0.3, -0.25) is 0 Å². The van der Waals surface area contributed by atoms with Gasteiger partial charge < -0.3 is 14.8 Å². The molecule has 3 nitrogen and oxygen atoms in total. The maximum Gasteiger partial charge on any atom is 0.0947 e. The molecule has 2 N–H and O–H groups in total. The number of rotatable bonds is 4. The van der Waals surface area contributed by atoms with Gasteiger partial charge in [-0.2, -0.15) is 0 Å². The van der Waals surface area contributed by atoms with Crippen LogP contribution in [0.4, 0.5) is 0 Å². The van der Waals surface area contributed by atoms with E-state index in [1.165, 1.54) is 12.8 Å². The van der Waals surface area contributed by atoms with Gasteiger partial charge in [0, 0.05) is 17.6 Å². The van der Waals surface area contributed by atoms with E-state index in [4.69, 9.17) is 4.42 Å². The number of hydrogen-bond acceptors (Lipinski definition) is 3. The van der Waals surface area contributed by atoms with Gasteiger partial charge >= 0.3 is 0 Å². The third kappa shape index (κ3) is 1.99. The molecule has 1 aromatic rings. The van der Waals surface area contributed by atoms with E-state index in [2.05, 4.69) is 5.32 Å². The highest BCUT2D eigenvalue weighted by atomic mass is 16.3. The van der Waals surface area contributed by atoms with Gasteiger partial charge in [0.2, 0.25) is 0 Å². The van der Waals surface area contributed by atoms with Gasteiger partial charge in [-0.05, 0) is 18.9 Å². The molecule has 1 saturated carbocycles. The van der Waals surface area contributed by atoms with Crippen molar-refractivity contribution in [2.45, 2.75) is 37.8 Å². The van der Waals surface area contributed by atoms with Crippen molar-refractivity contribution in [2.75, 3.05) is 6.61 Å². The van der Waals surface area contributed by atoms with Crippen molar-refractivity contribution in [3.05, 3.63) is 24.2 Å². The highest BCUT2D eigenvalue weighted by Gasteiger charge is 2.32. The summed E-state index contributed by atoms with van der Waals surface area (Å²) in [6.07, 6.45) is 8.03. The Kier molecular flexibility index (Phi) is 2.89. The van der Waals surface area contributed by atoms with Gasteiger partial charge in [0.15, 0.2) is 0 Å². The lowest BCUT2D eigenvalue weighted by Crippen LogP contribution is -2.45. The van der Waals surface area contributed by atoms with Crippen LogP contribution in [0.5, 0.6) is 0 Å². The molecule has 0 bridgehead atoms. The molecule has 0 unspecified atom stereocenters. The minimum Gasteiger partial charge on any atom is -0.472 e. The first kappa shape index (κ1) is 9.74. The second-order valence-corrected chi connectivity index (χ2v) is 4.13. The van der Waals surface area contributed by atoms with Crippen LogP contribution in [-0.4, -0.2) is 17.3 Å². The van der Waals surface area contributed by atoms with Crippen LogP contribution in [0.15, 0.2) is 23.0 Å². The Morgan fingerprint density at radius 3 is 2.79 bits per heavy atom. The summed E-state index contributed by atoms with van der Waals surface area (Å²) in [4.78, 5) is 0. The second kappa shape index (κ2) is 4.15. The smallest absolute Gasteiger partial charge is 0.0947 e. The molecular weight excluding hydrogens is 178 g/mol. The Bertz CT molecular complexity index is 263. The molecular formula is C11H17NO2. The van der Waals surface area contributed by atoms with E-state index in [0.29, 0.717) is 0 Å². The molecule has 2 rings (SSSR count). The van der Waals surface area contributed by atoms with Crippen LogP contribution in [0, 0.1) is 0 Å². The largest absolute Gasteiger partial charge is 0.472 e. The van der Waals surface area contributed by atoms with Crippen molar-refractivity contribution >= 4 is 0 Å². The van der Waals surface area contributed by atoms with E-state index < -0.39 is 0 Å². The SMILES string of the molecule is OCC1(NCc2ccoc2)CCCC1. The van der Waals surface area contributed by atoms with Gasteiger partial charge in [0.25, 0.3) is 0 Å². The minimum absolute atomic E-state index is 0.0305. The van der Waals surface area contributed by atoms with Crippen LogP contribution in [0.1, 0.15) is 31.2 Å². The highest BCUT2D eigenvalue weighted by Crippen LogP contribution is 2.29. The summed E-state index contributed by atoms with van der Waals surface area (Å²) in [5, 5.41) is 12.8. The molecule has 3 heteroatoms. The summed E-state index contributed by atoms with van der Waals surface area (Å²) in [6, 6.07) is 1.95. The zero-order chi connectivity index (χ0) is 9.86. The van der Waals surface area contributed by atoms with Gasteiger partial charge in [-0.1, -0.05) is 12.8 Å². The molecule has 1 aliphatic carbocycles. The van der Waals surface area contributed by atoms with Crippen molar-refractivity contribution in [2.24, 2.45) is 0 Å². The highest BCUT2D eigenvalue weighted by molar-refractivity contribution is 5.06. The van der Waals surface area contributed by atoms with Crippen molar-refractivity contribution in [3.63, 3.8) is 0 Å². The Labute approximate surface area is 84.1 Å². The molecule has 1 aliphatic rings. The van der Waals surface area contributed by atoms with E-state index in [9.17, 15) is 5.11 Å². The summed E-state index contributed by atoms with van der Waals surface area (Å²) < 4.78 is 4.99. The van der Waals surface area contributed by atoms with E-state index in [-0.39, 0.29) is 12.1 Å². The molecule has 0 aliphatic heterocycles. The molecule has 0 atom stereocenters. The quantitative estimate of drug-likeness (QED) is 0.768. The Morgan fingerprint density at radius 2 is 2.21 bits per heavy atom. The first-order chi connectivity index (χ1) is 6.85. The standard InChI is InChI=1S/C11H17NO2/c13-9-11(4-1-2-5-11)12-7-10-3-6-14-8-10/h3,6,8,12-13H,1-2,4-5,7,9H2. The zero-order valence-corrected chi connectivity index (χ0v) is 8.33. The molecule has 1 heterocycles. The lowest BCUT2D eigenvalue weighted by atomic mass is 9.99. The lowest BCUT2D eigenvalue weighted by Gasteiger charge is -2.27. The number of hydrogen-bond donors (Lipinski definition) is 2. The summed E-state index contributed by atoms with van der Waals surface area (Å²) >= 11 is 0. The first-order valence-electron chi connectivity index (χ1n) is 5.22. The Hall–Kier alpha value is -0.800. The predicted octanol–water partition coefficient (Wildman–Crippen LogP) is 1.67. The van der Waals surface area contributed by atoms with Crippen LogP contribution >= 0.6 is 0 Å². The fourth-order valence-electron chi connectivity index (χ4n) is 2.13. The fourth-order valence-corrected chi connectivity index (χ4v) is 2.13. The van der Waals surface area contributed by atoms with Crippen molar-refractivity contribution in [1.29, 1.82) is 0 Å². The van der Waals surface area contributed by atoms with Crippen molar-refractivity contribution in [3.8, 4) is 0 Å². The lowest BCUT2D eigenvalue weighted by molar-refractivity contribution is 0.163. The molecule has 0 spiro atoms. The number of aliphatic hydroxyl groups is 1. The van der Waals surface area contributed by atoms with E-state index in [0.717, 1.165) is 24.9 Å². The summed E-state index contributed by atoms with van der Waals surface area (Å²) in [6.45, 7) is 1.03. The second-order valence-electron chi connectivity index (χ2n) is 4.13. The van der Waals surface area contributed by atoms with E-state index >= 15 is 0 Å². The summed E-state index contributed by atoms with van der Waals surface area (Å²) in [5.41, 5.74) is 1.11. The van der Waals surface area contributed by atoms with E-state index in [1.54, 1.807) is 12.5 Å². The maximum atomic E-state index is 9.36. The summed E-state index contributed by atoms with van der Waals surface area (Å²) in [7, 11) is 0. The van der Waals surface area contributed by atoms with Crippen LogP contribution in [0.2, 0.25) is 0 Å². The first-order valence-corrected chi connectivity index (χ1v) is 5.22. The molecule has 0 amide bonds. The van der Waals surface area contributed by atoms with Crippen LogP contribution in [0.25, 0.3) is 0 Å².